The number of Topliss-reactive ketones (excluding diaryl/α,β-unsaturated/α-hetero) is 1. The monoisotopic (exact) mass is 329 g/mol. The molecule has 0 unspecified atom stereocenters. The third-order valence-corrected chi connectivity index (χ3v) is 3.38. The van der Waals surface area contributed by atoms with Crippen LogP contribution in [0, 0.1) is 0 Å². The molecule has 0 aliphatic carbocycles. The number of anilines is 1. The minimum Gasteiger partial charge on any atom is -0.497 e. The molecule has 2 rings (SSSR count). The second kappa shape index (κ2) is 8.01. The van der Waals surface area contributed by atoms with E-state index in [-0.39, 0.29) is 12.2 Å². The van der Waals surface area contributed by atoms with Crippen molar-refractivity contribution in [2.75, 3.05) is 26.6 Å². The molecule has 6 heteroatoms. The lowest BCUT2D eigenvalue weighted by Crippen LogP contribution is -2.17. The van der Waals surface area contributed by atoms with Crippen LogP contribution < -0.4 is 19.5 Å². The molecular weight excluding hydrogens is 310 g/mol. The molecule has 0 spiro atoms. The van der Waals surface area contributed by atoms with Crippen molar-refractivity contribution in [1.82, 2.24) is 0 Å². The van der Waals surface area contributed by atoms with Crippen molar-refractivity contribution >= 4 is 17.4 Å². The average Bonchev–Trinajstić information content (AvgIpc) is 2.60. The third-order valence-electron chi connectivity index (χ3n) is 3.38. The molecule has 0 heterocycles. The maximum absolute atomic E-state index is 12.4. The third kappa shape index (κ3) is 4.04. The van der Waals surface area contributed by atoms with E-state index in [0.29, 0.717) is 28.5 Å². The number of ketones is 1. The number of carbonyl (C=O) groups excluding carboxylic acids is 2. The Bertz CT molecular complexity index is 742. The lowest BCUT2D eigenvalue weighted by Gasteiger charge is -2.12. The first kappa shape index (κ1) is 17.3. The molecular formula is C18H19NO5. The zero-order chi connectivity index (χ0) is 17.5. The van der Waals surface area contributed by atoms with Crippen molar-refractivity contribution in [2.45, 2.75) is 6.42 Å². The minimum atomic E-state index is -0.418. The second-order valence-electron chi connectivity index (χ2n) is 4.92. The number of hydrogen-bond donors (Lipinski definition) is 1. The summed E-state index contributed by atoms with van der Waals surface area (Å²) in [7, 11) is 4.48. The van der Waals surface area contributed by atoms with E-state index in [0.717, 1.165) is 0 Å². The SMILES string of the molecule is COc1cccc(NC(=O)CC(=O)c2cccc(OC)c2OC)c1. The minimum absolute atomic E-state index is 0.303. The molecule has 2 aromatic rings. The van der Waals surface area contributed by atoms with Gasteiger partial charge >= 0.3 is 0 Å². The van der Waals surface area contributed by atoms with E-state index in [2.05, 4.69) is 5.32 Å². The molecule has 0 radical (unpaired) electrons. The summed E-state index contributed by atoms with van der Waals surface area (Å²) in [6.07, 6.45) is -0.305. The first-order chi connectivity index (χ1) is 11.6. The lowest BCUT2D eigenvalue weighted by atomic mass is 10.1. The molecule has 0 saturated heterocycles. The quantitative estimate of drug-likeness (QED) is 0.624. The van der Waals surface area contributed by atoms with Gasteiger partial charge in [0.25, 0.3) is 0 Å². The predicted octanol–water partition coefficient (Wildman–Crippen LogP) is 2.92. The zero-order valence-corrected chi connectivity index (χ0v) is 13.8. The van der Waals surface area contributed by atoms with Crippen molar-refractivity contribution in [3.63, 3.8) is 0 Å². The molecule has 0 aliphatic rings. The van der Waals surface area contributed by atoms with E-state index in [1.165, 1.54) is 14.2 Å². The Kier molecular flexibility index (Phi) is 5.78. The average molecular weight is 329 g/mol. The van der Waals surface area contributed by atoms with Gasteiger partial charge in [0.2, 0.25) is 5.91 Å². The predicted molar refractivity (Wildman–Crippen MR) is 90.1 cm³/mol. The summed E-state index contributed by atoms with van der Waals surface area (Å²) in [6, 6.07) is 11.9. The first-order valence-electron chi connectivity index (χ1n) is 7.27. The van der Waals surface area contributed by atoms with Crippen molar-refractivity contribution in [3.8, 4) is 17.2 Å². The van der Waals surface area contributed by atoms with E-state index < -0.39 is 5.91 Å². The summed E-state index contributed by atoms with van der Waals surface area (Å²) in [5, 5.41) is 2.67. The number of amides is 1. The van der Waals surface area contributed by atoms with Gasteiger partial charge in [0.15, 0.2) is 17.3 Å². The van der Waals surface area contributed by atoms with Gasteiger partial charge in [0.1, 0.15) is 5.75 Å². The number of ether oxygens (including phenoxy) is 3. The van der Waals surface area contributed by atoms with Gasteiger partial charge < -0.3 is 19.5 Å². The highest BCUT2D eigenvalue weighted by Gasteiger charge is 2.19. The van der Waals surface area contributed by atoms with Crippen LogP contribution in [0.2, 0.25) is 0 Å². The largest absolute Gasteiger partial charge is 0.497 e. The topological polar surface area (TPSA) is 73.9 Å². The molecule has 0 saturated carbocycles. The molecule has 0 atom stereocenters. The number of hydrogen-bond acceptors (Lipinski definition) is 5. The fourth-order valence-electron chi connectivity index (χ4n) is 2.25. The van der Waals surface area contributed by atoms with E-state index >= 15 is 0 Å². The van der Waals surface area contributed by atoms with Gasteiger partial charge in [-0.1, -0.05) is 12.1 Å². The van der Waals surface area contributed by atoms with Crippen molar-refractivity contribution in [3.05, 3.63) is 48.0 Å². The van der Waals surface area contributed by atoms with Gasteiger partial charge in [-0.3, -0.25) is 9.59 Å². The normalized spacial score (nSPS) is 9.96. The Morgan fingerprint density at radius 3 is 2.38 bits per heavy atom. The number of nitrogens with one attached hydrogen (secondary N) is 1. The molecule has 1 amide bonds. The van der Waals surface area contributed by atoms with E-state index in [1.54, 1.807) is 49.6 Å². The Hall–Kier alpha value is -3.02. The highest BCUT2D eigenvalue weighted by Crippen LogP contribution is 2.31. The number of rotatable bonds is 7. The second-order valence-corrected chi connectivity index (χ2v) is 4.92. The van der Waals surface area contributed by atoms with E-state index in [1.807, 2.05) is 0 Å². The molecule has 24 heavy (non-hydrogen) atoms. The molecule has 0 aromatic heterocycles. The maximum Gasteiger partial charge on any atom is 0.232 e. The fourth-order valence-corrected chi connectivity index (χ4v) is 2.25. The Labute approximate surface area is 140 Å². The smallest absolute Gasteiger partial charge is 0.232 e. The Morgan fingerprint density at radius 2 is 1.71 bits per heavy atom. The van der Waals surface area contributed by atoms with Gasteiger partial charge in [0.05, 0.1) is 33.3 Å². The molecule has 2 aromatic carbocycles. The van der Waals surface area contributed by atoms with Gasteiger partial charge in [-0.15, -0.1) is 0 Å². The van der Waals surface area contributed by atoms with Gasteiger partial charge in [-0.25, -0.2) is 0 Å². The Morgan fingerprint density at radius 1 is 0.958 bits per heavy atom. The van der Waals surface area contributed by atoms with Crippen LogP contribution in [0.25, 0.3) is 0 Å². The van der Waals surface area contributed by atoms with Gasteiger partial charge in [-0.05, 0) is 24.3 Å². The number of methoxy groups -OCH3 is 3. The van der Waals surface area contributed by atoms with Crippen LogP contribution in [-0.4, -0.2) is 33.0 Å². The van der Waals surface area contributed by atoms with Crippen LogP contribution in [0.15, 0.2) is 42.5 Å². The highest BCUT2D eigenvalue weighted by atomic mass is 16.5. The van der Waals surface area contributed by atoms with Gasteiger partial charge in [-0.2, -0.15) is 0 Å². The molecule has 1 N–H and O–H groups in total. The van der Waals surface area contributed by atoms with Crippen LogP contribution in [0.4, 0.5) is 5.69 Å². The van der Waals surface area contributed by atoms with Gasteiger partial charge in [0, 0.05) is 11.8 Å². The number of benzene rings is 2. The van der Waals surface area contributed by atoms with Crippen molar-refractivity contribution in [1.29, 1.82) is 0 Å². The van der Waals surface area contributed by atoms with E-state index in [4.69, 9.17) is 14.2 Å². The standard InChI is InChI=1S/C18H19NO5/c1-22-13-7-4-6-12(10-13)19-17(21)11-15(20)14-8-5-9-16(23-2)18(14)24-3/h4-10H,11H2,1-3H3,(H,19,21). The zero-order valence-electron chi connectivity index (χ0n) is 13.8. The highest BCUT2D eigenvalue weighted by molar-refractivity contribution is 6.12. The van der Waals surface area contributed by atoms with Crippen LogP contribution in [0.3, 0.4) is 0 Å². The summed E-state index contributed by atoms with van der Waals surface area (Å²) < 4.78 is 15.5. The van der Waals surface area contributed by atoms with Crippen LogP contribution >= 0.6 is 0 Å². The molecule has 0 bridgehead atoms. The summed E-state index contributed by atoms with van der Waals surface area (Å²) >= 11 is 0. The van der Waals surface area contributed by atoms with Crippen LogP contribution in [0.5, 0.6) is 17.2 Å². The lowest BCUT2D eigenvalue weighted by molar-refractivity contribution is -0.115. The first-order valence-corrected chi connectivity index (χ1v) is 7.27. The van der Waals surface area contributed by atoms with E-state index in [9.17, 15) is 9.59 Å². The number of carbonyl (C=O) groups is 2. The number of para-hydroxylation sites is 1. The van der Waals surface area contributed by atoms with Crippen molar-refractivity contribution < 1.29 is 23.8 Å². The summed E-state index contributed by atoms with van der Waals surface area (Å²) in [5.41, 5.74) is 0.863. The summed E-state index contributed by atoms with van der Waals surface area (Å²) in [4.78, 5) is 24.5. The maximum atomic E-state index is 12.4. The molecule has 126 valence electrons. The summed E-state index contributed by atoms with van der Waals surface area (Å²) in [5.74, 6) is 0.605. The molecule has 6 nitrogen and oxygen atoms in total. The molecule has 0 fully saturated rings. The molecule has 0 aliphatic heterocycles. The summed E-state index contributed by atoms with van der Waals surface area (Å²) in [6.45, 7) is 0. The van der Waals surface area contributed by atoms with Crippen molar-refractivity contribution in [2.24, 2.45) is 0 Å². The fraction of sp³-hybridized carbons (Fsp3) is 0.222. The van der Waals surface area contributed by atoms with Crippen LogP contribution in [0.1, 0.15) is 16.8 Å². The van der Waals surface area contributed by atoms with Crippen LogP contribution in [-0.2, 0) is 4.79 Å². The Balaban J connectivity index is 2.10.